The lowest BCUT2D eigenvalue weighted by Crippen LogP contribution is -2.45. The molecule has 0 aliphatic carbocycles. The number of hydrogen-bond donors (Lipinski definition) is 0. The molecule has 2 aliphatic rings. The molecule has 2 bridgehead atoms. The molecule has 6 rings (SSSR count). The highest BCUT2D eigenvalue weighted by molar-refractivity contribution is 5.79. The first-order valence-corrected chi connectivity index (χ1v) is 13.1. The van der Waals surface area contributed by atoms with Crippen LogP contribution in [0.4, 0.5) is 4.39 Å². The fourth-order valence-electron chi connectivity index (χ4n) is 5.79. The van der Waals surface area contributed by atoms with E-state index in [0.717, 1.165) is 30.9 Å². The molecular formula is C28H32FN7O. The Morgan fingerprint density at radius 2 is 1.68 bits per heavy atom. The Balaban J connectivity index is 1.29. The molecule has 2 saturated heterocycles. The van der Waals surface area contributed by atoms with Crippen LogP contribution < -0.4 is 4.74 Å². The molecule has 5 heterocycles. The third-order valence-electron chi connectivity index (χ3n) is 7.61. The maximum Gasteiger partial charge on any atom is 0.318 e. The number of aryl methyl sites for hydroxylation is 1. The summed E-state index contributed by atoms with van der Waals surface area (Å²) < 4.78 is 21.7. The van der Waals surface area contributed by atoms with Gasteiger partial charge in [-0.1, -0.05) is 31.2 Å². The average Bonchev–Trinajstić information content (AvgIpc) is 3.58. The number of nitrogens with zero attached hydrogens (tertiary/aromatic N) is 7. The number of likely N-dealkylation sites (tertiary alicyclic amines) is 2. The van der Waals surface area contributed by atoms with Crippen LogP contribution in [0.3, 0.4) is 0 Å². The first kappa shape index (κ1) is 23.9. The summed E-state index contributed by atoms with van der Waals surface area (Å²) in [5.74, 6) is 0.196. The van der Waals surface area contributed by atoms with Gasteiger partial charge in [-0.3, -0.25) is 14.8 Å². The number of fused-ring (bicyclic) bond motifs is 3. The van der Waals surface area contributed by atoms with Gasteiger partial charge in [0.2, 0.25) is 0 Å². The molecule has 37 heavy (non-hydrogen) atoms. The van der Waals surface area contributed by atoms with E-state index in [4.69, 9.17) is 9.72 Å². The summed E-state index contributed by atoms with van der Waals surface area (Å²) in [5, 5.41) is 0. The van der Waals surface area contributed by atoms with Gasteiger partial charge in [-0.25, -0.2) is 9.37 Å². The van der Waals surface area contributed by atoms with Gasteiger partial charge in [0.05, 0.1) is 25.0 Å². The van der Waals surface area contributed by atoms with Gasteiger partial charge in [0.25, 0.3) is 0 Å². The second-order valence-electron chi connectivity index (χ2n) is 9.99. The van der Waals surface area contributed by atoms with Gasteiger partial charge in [-0.15, -0.1) is 0 Å². The summed E-state index contributed by atoms with van der Waals surface area (Å²) in [6, 6.07) is 11.9. The topological polar surface area (TPSA) is 72.2 Å². The van der Waals surface area contributed by atoms with Crippen molar-refractivity contribution in [3.63, 3.8) is 0 Å². The van der Waals surface area contributed by atoms with Gasteiger partial charge >= 0.3 is 6.01 Å². The van der Waals surface area contributed by atoms with Crippen molar-refractivity contribution in [2.45, 2.75) is 52.4 Å². The number of piperazine rings is 1. The number of halogens is 1. The fourth-order valence-corrected chi connectivity index (χ4v) is 5.79. The number of imidazole rings is 1. The summed E-state index contributed by atoms with van der Waals surface area (Å²) >= 11 is 0. The van der Waals surface area contributed by atoms with E-state index in [1.165, 1.54) is 30.8 Å². The summed E-state index contributed by atoms with van der Waals surface area (Å²) in [5.41, 5.74) is 5.08. The van der Waals surface area contributed by atoms with Crippen molar-refractivity contribution in [2.75, 3.05) is 26.2 Å². The van der Waals surface area contributed by atoms with E-state index < -0.39 is 5.82 Å². The van der Waals surface area contributed by atoms with Crippen LogP contribution in [0.5, 0.6) is 6.01 Å². The van der Waals surface area contributed by atoms with Crippen LogP contribution in [0, 0.1) is 12.7 Å². The van der Waals surface area contributed by atoms with Crippen molar-refractivity contribution in [3.8, 4) is 17.4 Å². The molecule has 2 atom stereocenters. The number of ether oxygens (including phenoxy) is 1. The van der Waals surface area contributed by atoms with Gasteiger partial charge in [0.15, 0.2) is 5.65 Å². The lowest BCUT2D eigenvalue weighted by Gasteiger charge is -2.33. The molecule has 9 heteroatoms. The van der Waals surface area contributed by atoms with Crippen molar-refractivity contribution in [3.05, 3.63) is 65.4 Å². The molecule has 0 N–H and O–H groups in total. The summed E-state index contributed by atoms with van der Waals surface area (Å²) in [6.07, 6.45) is 4.11. The highest BCUT2D eigenvalue weighted by Gasteiger charge is 2.42. The summed E-state index contributed by atoms with van der Waals surface area (Å²) in [4.78, 5) is 23.2. The quantitative estimate of drug-likeness (QED) is 0.361. The van der Waals surface area contributed by atoms with Crippen molar-refractivity contribution >= 4 is 11.2 Å². The SMILES string of the molecule is CCOc1nc(C)c2nc(-c3cncc(F)c3)n(Cc3ccc(CN4C[C@@H]5C[C@H]4CN5CC)cc3)c2n1. The van der Waals surface area contributed by atoms with E-state index in [-0.39, 0.29) is 0 Å². The molecule has 2 fully saturated rings. The Hall–Kier alpha value is -3.43. The molecule has 0 amide bonds. The number of pyridine rings is 1. The van der Waals surface area contributed by atoms with E-state index in [2.05, 4.69) is 55.9 Å². The Labute approximate surface area is 216 Å². The summed E-state index contributed by atoms with van der Waals surface area (Å²) in [6.45, 7) is 11.5. The minimum atomic E-state index is -0.407. The van der Waals surface area contributed by atoms with Crippen LogP contribution in [-0.2, 0) is 13.1 Å². The van der Waals surface area contributed by atoms with Gasteiger partial charge in [0.1, 0.15) is 17.2 Å². The van der Waals surface area contributed by atoms with Crippen LogP contribution in [0.15, 0.2) is 42.7 Å². The van der Waals surface area contributed by atoms with Gasteiger partial charge in [-0.05, 0) is 44.0 Å². The molecule has 3 aromatic heterocycles. The maximum atomic E-state index is 14.1. The van der Waals surface area contributed by atoms with Crippen LogP contribution in [0.1, 0.15) is 37.1 Å². The van der Waals surface area contributed by atoms with Crippen molar-refractivity contribution in [1.29, 1.82) is 0 Å². The highest BCUT2D eigenvalue weighted by atomic mass is 19.1. The number of likely N-dealkylation sites (N-methyl/N-ethyl adjacent to an activating group) is 1. The molecule has 0 radical (unpaired) electrons. The third kappa shape index (κ3) is 4.57. The zero-order chi connectivity index (χ0) is 25.5. The molecule has 8 nitrogen and oxygen atoms in total. The number of benzene rings is 1. The minimum Gasteiger partial charge on any atom is -0.464 e. The molecule has 1 aromatic carbocycles. The van der Waals surface area contributed by atoms with E-state index in [1.54, 1.807) is 6.20 Å². The first-order valence-electron chi connectivity index (χ1n) is 13.1. The Kier molecular flexibility index (Phi) is 6.34. The normalized spacial score (nSPS) is 19.8. The van der Waals surface area contributed by atoms with Gasteiger partial charge in [-0.2, -0.15) is 9.97 Å². The number of aromatic nitrogens is 5. The molecular weight excluding hydrogens is 469 g/mol. The minimum absolute atomic E-state index is 0.314. The molecule has 4 aromatic rings. The molecule has 0 saturated carbocycles. The highest BCUT2D eigenvalue weighted by Crippen LogP contribution is 2.32. The Morgan fingerprint density at radius 1 is 0.946 bits per heavy atom. The van der Waals surface area contributed by atoms with Crippen LogP contribution in [-0.4, -0.2) is 72.6 Å². The van der Waals surface area contributed by atoms with Gasteiger partial charge in [0, 0.05) is 43.5 Å². The zero-order valence-corrected chi connectivity index (χ0v) is 21.6. The molecule has 0 unspecified atom stereocenters. The van der Waals surface area contributed by atoms with E-state index >= 15 is 0 Å². The third-order valence-corrected chi connectivity index (χ3v) is 7.61. The first-order chi connectivity index (χ1) is 18.0. The lowest BCUT2D eigenvalue weighted by atomic mass is 10.1. The molecule has 2 aliphatic heterocycles. The van der Waals surface area contributed by atoms with E-state index in [0.29, 0.717) is 53.8 Å². The smallest absolute Gasteiger partial charge is 0.318 e. The second kappa shape index (κ2) is 9.79. The van der Waals surface area contributed by atoms with Crippen LogP contribution >= 0.6 is 0 Å². The Morgan fingerprint density at radius 3 is 2.35 bits per heavy atom. The van der Waals surface area contributed by atoms with E-state index in [1.807, 2.05) is 18.4 Å². The van der Waals surface area contributed by atoms with Crippen molar-refractivity contribution in [2.24, 2.45) is 0 Å². The number of rotatable bonds is 8. The largest absolute Gasteiger partial charge is 0.464 e. The molecule has 0 spiro atoms. The summed E-state index contributed by atoms with van der Waals surface area (Å²) in [7, 11) is 0. The van der Waals surface area contributed by atoms with Crippen molar-refractivity contribution in [1.82, 2.24) is 34.3 Å². The monoisotopic (exact) mass is 501 g/mol. The van der Waals surface area contributed by atoms with Crippen LogP contribution in [0.2, 0.25) is 0 Å². The predicted octanol–water partition coefficient (Wildman–Crippen LogP) is 4.06. The standard InChI is InChI=1S/C28H32FN7O/c1-4-34-16-24-11-23(34)17-35(24)14-19-6-8-20(9-7-19)15-36-26(21-10-22(29)13-30-12-21)32-25-18(3)31-28(37-5-2)33-27(25)36/h6-10,12-13,23-24H,4-5,11,14-17H2,1-3H3/t23-,24-/m0/s1. The van der Waals surface area contributed by atoms with Gasteiger partial charge < -0.3 is 9.30 Å². The molecule has 192 valence electrons. The predicted molar refractivity (Wildman–Crippen MR) is 140 cm³/mol. The zero-order valence-electron chi connectivity index (χ0n) is 21.6. The number of hydrogen-bond acceptors (Lipinski definition) is 7. The van der Waals surface area contributed by atoms with E-state index in [9.17, 15) is 4.39 Å². The fraction of sp³-hybridized carbons (Fsp3) is 0.429. The van der Waals surface area contributed by atoms with Crippen LogP contribution in [0.25, 0.3) is 22.6 Å². The lowest BCUT2D eigenvalue weighted by molar-refractivity contribution is 0.127. The maximum absolute atomic E-state index is 14.1. The average molecular weight is 502 g/mol. The Bertz CT molecular complexity index is 1420. The second-order valence-corrected chi connectivity index (χ2v) is 9.99. The van der Waals surface area contributed by atoms with Crippen molar-refractivity contribution < 1.29 is 9.13 Å².